The molecule has 8 nitrogen and oxygen atoms in total. The molecule has 2 rings (SSSR count). The lowest BCUT2D eigenvalue weighted by molar-refractivity contribution is 0.102. The first kappa shape index (κ1) is 13.5. The molecule has 2 aromatic heterocycles. The quantitative estimate of drug-likeness (QED) is 0.829. The number of aryl methyl sites for hydroxylation is 1. The minimum absolute atomic E-state index is 0.0815. The van der Waals surface area contributed by atoms with Crippen LogP contribution in [-0.4, -0.2) is 29.3 Å². The summed E-state index contributed by atoms with van der Waals surface area (Å²) in [5, 5.41) is 7.59. The number of hydrogen-bond acceptors (Lipinski definition) is 7. The number of anilines is 1. The number of nitrogens with two attached hydrogens (primary N) is 1. The van der Waals surface area contributed by atoms with Crippen LogP contribution in [0, 0.1) is 6.92 Å². The van der Waals surface area contributed by atoms with Crippen molar-refractivity contribution in [3.63, 3.8) is 0 Å². The maximum atomic E-state index is 11.8. The number of carbonyl (C=O) groups excluding carboxylic acids is 1. The molecule has 0 aliphatic carbocycles. The number of hydrogen-bond donors (Lipinski definition) is 2. The van der Waals surface area contributed by atoms with Crippen LogP contribution in [0.25, 0.3) is 0 Å². The summed E-state index contributed by atoms with van der Waals surface area (Å²) in [6.07, 6.45) is 4.09. The van der Waals surface area contributed by atoms with E-state index in [-0.39, 0.29) is 20.7 Å². The highest BCUT2D eigenvalue weighted by molar-refractivity contribution is 7.91. The number of nitrogens with zero attached hydrogens (tertiary/aromatic N) is 3. The van der Waals surface area contributed by atoms with Crippen LogP contribution in [0.15, 0.2) is 22.8 Å². The van der Waals surface area contributed by atoms with Gasteiger partial charge in [-0.2, -0.15) is 0 Å². The molecule has 1 amide bonds. The van der Waals surface area contributed by atoms with Crippen molar-refractivity contribution in [3.8, 4) is 0 Å². The molecule has 2 aromatic rings. The van der Waals surface area contributed by atoms with Crippen LogP contribution in [0.4, 0.5) is 5.13 Å². The lowest BCUT2D eigenvalue weighted by atomic mass is 10.4. The summed E-state index contributed by atoms with van der Waals surface area (Å²) >= 11 is 0.785. The lowest BCUT2D eigenvalue weighted by Gasteiger charge is -1.98. The third-order valence-electron chi connectivity index (χ3n) is 2.03. The molecular formula is C9H9N5O3S2. The van der Waals surface area contributed by atoms with Gasteiger partial charge in [-0.1, -0.05) is 11.3 Å². The first-order chi connectivity index (χ1) is 8.88. The van der Waals surface area contributed by atoms with Gasteiger partial charge in [0.2, 0.25) is 10.0 Å². The van der Waals surface area contributed by atoms with Gasteiger partial charge in [0, 0.05) is 12.4 Å². The fourth-order valence-corrected chi connectivity index (χ4v) is 3.13. The number of thiazole rings is 1. The molecule has 0 radical (unpaired) electrons. The van der Waals surface area contributed by atoms with Crippen molar-refractivity contribution in [2.24, 2.45) is 5.14 Å². The number of aromatic nitrogens is 3. The molecule has 0 unspecified atom stereocenters. The minimum atomic E-state index is -3.84. The fraction of sp³-hybridized carbons (Fsp3) is 0.111. The van der Waals surface area contributed by atoms with Crippen molar-refractivity contribution in [1.82, 2.24) is 15.0 Å². The predicted octanol–water partition coefficient (Wildman–Crippen LogP) is 0.141. The molecular weight excluding hydrogens is 290 g/mol. The van der Waals surface area contributed by atoms with Gasteiger partial charge < -0.3 is 0 Å². The van der Waals surface area contributed by atoms with E-state index in [1.54, 1.807) is 0 Å². The molecule has 10 heteroatoms. The maximum Gasteiger partial charge on any atom is 0.277 e. The highest BCUT2D eigenvalue weighted by Gasteiger charge is 2.19. The summed E-state index contributed by atoms with van der Waals surface area (Å²) in [6, 6.07) is 0. The number of primary sulfonamides is 1. The number of nitrogens with one attached hydrogen (secondary N) is 1. The summed E-state index contributed by atoms with van der Waals surface area (Å²) < 4.78 is 22.4. The van der Waals surface area contributed by atoms with Crippen molar-refractivity contribution in [2.75, 3.05) is 5.32 Å². The van der Waals surface area contributed by atoms with Crippen molar-refractivity contribution in [3.05, 3.63) is 30.0 Å². The molecule has 0 aliphatic heterocycles. The second-order valence-corrected chi connectivity index (χ2v) is 6.24. The molecule has 19 heavy (non-hydrogen) atoms. The average molecular weight is 299 g/mol. The average Bonchev–Trinajstić information content (AvgIpc) is 2.71. The topological polar surface area (TPSA) is 128 Å². The van der Waals surface area contributed by atoms with Gasteiger partial charge in [-0.15, -0.1) is 0 Å². The largest absolute Gasteiger partial charge is 0.296 e. The normalized spacial score (nSPS) is 11.3. The molecule has 0 atom stereocenters. The van der Waals surface area contributed by atoms with Gasteiger partial charge in [0.1, 0.15) is 5.69 Å². The van der Waals surface area contributed by atoms with Gasteiger partial charge in [-0.3, -0.25) is 15.1 Å². The third kappa shape index (κ3) is 3.10. The monoisotopic (exact) mass is 299 g/mol. The second kappa shape index (κ2) is 4.99. The molecule has 100 valence electrons. The Bertz CT molecular complexity index is 711. The SMILES string of the molecule is Cc1nc(NC(=O)c2cnccn2)sc1S(N)(=O)=O. The number of sulfonamides is 1. The lowest BCUT2D eigenvalue weighted by Crippen LogP contribution is -2.13. The molecule has 0 saturated heterocycles. The Morgan fingerprint density at radius 3 is 2.68 bits per heavy atom. The van der Waals surface area contributed by atoms with Crippen molar-refractivity contribution < 1.29 is 13.2 Å². The number of carbonyl (C=O) groups is 1. The van der Waals surface area contributed by atoms with Crippen LogP contribution in [0.2, 0.25) is 0 Å². The van der Waals surface area contributed by atoms with E-state index in [4.69, 9.17) is 5.14 Å². The van der Waals surface area contributed by atoms with Crippen LogP contribution in [-0.2, 0) is 10.0 Å². The summed E-state index contributed by atoms with van der Waals surface area (Å²) in [5.41, 5.74) is 0.342. The van der Waals surface area contributed by atoms with Gasteiger partial charge >= 0.3 is 0 Å². The van der Waals surface area contributed by atoms with E-state index < -0.39 is 15.9 Å². The predicted molar refractivity (Wildman–Crippen MR) is 68.2 cm³/mol. The standard InChI is InChI=1S/C9H9N5O3S2/c1-5-8(19(10,16)17)18-9(13-5)14-7(15)6-4-11-2-3-12-6/h2-4H,1H3,(H2,10,16,17)(H,13,14,15). The molecule has 0 spiro atoms. The Kier molecular flexibility index (Phi) is 3.55. The Labute approximate surface area is 112 Å². The third-order valence-corrected chi connectivity index (χ3v) is 4.66. The van der Waals surface area contributed by atoms with Crippen molar-refractivity contribution in [1.29, 1.82) is 0 Å². The van der Waals surface area contributed by atoms with Crippen LogP contribution in [0.5, 0.6) is 0 Å². The Morgan fingerprint density at radius 1 is 1.42 bits per heavy atom. The molecule has 3 N–H and O–H groups in total. The zero-order chi connectivity index (χ0) is 14.0. The molecule has 2 heterocycles. The first-order valence-corrected chi connectivity index (χ1v) is 7.32. The van der Waals surface area contributed by atoms with Gasteiger partial charge in [-0.05, 0) is 6.92 Å². The fourth-order valence-electron chi connectivity index (χ4n) is 1.28. The van der Waals surface area contributed by atoms with E-state index in [2.05, 4.69) is 20.3 Å². The van der Waals surface area contributed by atoms with Crippen LogP contribution in [0.1, 0.15) is 16.2 Å². The Balaban J connectivity index is 2.24. The van der Waals surface area contributed by atoms with E-state index in [0.717, 1.165) is 11.3 Å². The Hall–Kier alpha value is -1.91. The summed E-state index contributed by atoms with van der Waals surface area (Å²) in [5.74, 6) is -0.525. The molecule has 0 aromatic carbocycles. The van der Waals surface area contributed by atoms with Gasteiger partial charge in [0.15, 0.2) is 9.34 Å². The van der Waals surface area contributed by atoms with Crippen LogP contribution >= 0.6 is 11.3 Å². The number of amides is 1. The summed E-state index contributed by atoms with van der Waals surface area (Å²) in [6.45, 7) is 1.49. The zero-order valence-electron chi connectivity index (χ0n) is 9.69. The van der Waals surface area contributed by atoms with Crippen molar-refractivity contribution in [2.45, 2.75) is 11.1 Å². The first-order valence-electron chi connectivity index (χ1n) is 4.95. The number of rotatable bonds is 3. The van der Waals surface area contributed by atoms with E-state index in [9.17, 15) is 13.2 Å². The molecule has 0 bridgehead atoms. The smallest absolute Gasteiger partial charge is 0.277 e. The summed E-state index contributed by atoms with van der Waals surface area (Å²) in [4.78, 5) is 23.2. The van der Waals surface area contributed by atoms with Gasteiger partial charge in [0.25, 0.3) is 5.91 Å². The van der Waals surface area contributed by atoms with E-state index in [1.165, 1.54) is 25.5 Å². The van der Waals surface area contributed by atoms with Crippen molar-refractivity contribution >= 4 is 32.4 Å². The zero-order valence-corrected chi connectivity index (χ0v) is 11.3. The van der Waals surface area contributed by atoms with Crippen LogP contribution < -0.4 is 10.5 Å². The van der Waals surface area contributed by atoms with Gasteiger partial charge in [0.05, 0.1) is 11.9 Å². The Morgan fingerprint density at radius 2 is 2.16 bits per heavy atom. The van der Waals surface area contributed by atoms with Gasteiger partial charge in [-0.25, -0.2) is 23.5 Å². The molecule has 0 saturated carbocycles. The minimum Gasteiger partial charge on any atom is -0.296 e. The van der Waals surface area contributed by atoms with E-state index in [0.29, 0.717) is 0 Å². The van der Waals surface area contributed by atoms with Crippen LogP contribution in [0.3, 0.4) is 0 Å². The highest BCUT2D eigenvalue weighted by Crippen LogP contribution is 2.26. The van der Waals surface area contributed by atoms with E-state index in [1.807, 2.05) is 0 Å². The maximum absolute atomic E-state index is 11.8. The second-order valence-electron chi connectivity index (χ2n) is 3.48. The molecule has 0 aliphatic rings. The highest BCUT2D eigenvalue weighted by atomic mass is 32.2. The van der Waals surface area contributed by atoms with E-state index >= 15 is 0 Å². The summed E-state index contributed by atoms with van der Waals surface area (Å²) in [7, 11) is -3.84. The molecule has 0 fully saturated rings.